The van der Waals surface area contributed by atoms with Crippen molar-refractivity contribution in [1.82, 2.24) is 0 Å². The highest BCUT2D eigenvalue weighted by Gasteiger charge is 2.28. The SMILES string of the molecule is COS(CCCCCCCCCCC(=O)Oc1c(F)c(F)c(F)c(F)c1F)(OC)OC. The molecule has 1 aromatic carbocycles. The van der Waals surface area contributed by atoms with Crippen LogP contribution in [0, 0.1) is 29.1 Å². The van der Waals surface area contributed by atoms with Crippen LogP contribution in [-0.4, -0.2) is 33.1 Å². The van der Waals surface area contributed by atoms with E-state index in [4.69, 9.17) is 12.5 Å². The average molecular weight is 477 g/mol. The number of hydrogen-bond donors (Lipinski definition) is 0. The molecule has 0 aliphatic carbocycles. The van der Waals surface area contributed by atoms with Crippen molar-refractivity contribution < 1.29 is 44.0 Å². The third-order valence-electron chi connectivity index (χ3n) is 4.67. The molecule has 0 saturated heterocycles. The van der Waals surface area contributed by atoms with Crippen molar-refractivity contribution >= 4 is 16.8 Å². The summed E-state index contributed by atoms with van der Waals surface area (Å²) in [5.41, 5.74) is 0. The fraction of sp³-hybridized carbons (Fsp3) is 0.650. The molecule has 1 aromatic rings. The van der Waals surface area contributed by atoms with Gasteiger partial charge >= 0.3 is 5.97 Å². The molecule has 0 atom stereocenters. The molecular formula is C20H29F5O5S. The monoisotopic (exact) mass is 476 g/mol. The second kappa shape index (κ2) is 13.9. The molecule has 0 amide bonds. The fourth-order valence-electron chi connectivity index (χ4n) is 2.90. The highest BCUT2D eigenvalue weighted by atomic mass is 32.3. The van der Waals surface area contributed by atoms with Gasteiger partial charge in [0.25, 0.3) is 0 Å². The van der Waals surface area contributed by atoms with Crippen LogP contribution in [0.3, 0.4) is 0 Å². The van der Waals surface area contributed by atoms with Gasteiger partial charge < -0.3 is 4.74 Å². The Morgan fingerprint density at radius 2 is 1.03 bits per heavy atom. The van der Waals surface area contributed by atoms with Crippen LogP contribution in [-0.2, 0) is 17.3 Å². The lowest BCUT2D eigenvalue weighted by Crippen LogP contribution is -2.13. The maximum Gasteiger partial charge on any atom is 0.311 e. The second-order valence-corrected chi connectivity index (χ2v) is 9.24. The van der Waals surface area contributed by atoms with Gasteiger partial charge in [0.1, 0.15) is 0 Å². The average Bonchev–Trinajstić information content (AvgIpc) is 2.78. The van der Waals surface area contributed by atoms with E-state index in [0.29, 0.717) is 18.6 Å². The molecule has 0 aliphatic rings. The molecule has 0 fully saturated rings. The van der Waals surface area contributed by atoms with Gasteiger partial charge in [-0.25, -0.2) is 13.2 Å². The molecule has 0 spiro atoms. The Hall–Kier alpha value is -1.43. The lowest BCUT2D eigenvalue weighted by molar-refractivity contribution is -0.135. The van der Waals surface area contributed by atoms with E-state index in [0.717, 1.165) is 38.5 Å². The van der Waals surface area contributed by atoms with Gasteiger partial charge in [-0.3, -0.25) is 17.3 Å². The van der Waals surface area contributed by atoms with Crippen molar-refractivity contribution in [3.8, 4) is 5.75 Å². The molecule has 180 valence electrons. The minimum Gasteiger partial charge on any atom is -0.420 e. The van der Waals surface area contributed by atoms with Crippen LogP contribution < -0.4 is 4.74 Å². The van der Waals surface area contributed by atoms with Crippen LogP contribution in [0.15, 0.2) is 0 Å². The van der Waals surface area contributed by atoms with Crippen LogP contribution in [0.5, 0.6) is 5.75 Å². The number of halogens is 5. The van der Waals surface area contributed by atoms with Crippen molar-refractivity contribution in [2.75, 3.05) is 27.1 Å². The zero-order valence-electron chi connectivity index (χ0n) is 17.9. The summed E-state index contributed by atoms with van der Waals surface area (Å²) in [6.07, 6.45) is 6.61. The van der Waals surface area contributed by atoms with Crippen molar-refractivity contribution in [2.24, 2.45) is 0 Å². The van der Waals surface area contributed by atoms with Crippen LogP contribution in [0.25, 0.3) is 0 Å². The molecule has 0 unspecified atom stereocenters. The minimum absolute atomic E-state index is 0.185. The van der Waals surface area contributed by atoms with Crippen LogP contribution in [0.1, 0.15) is 57.8 Å². The van der Waals surface area contributed by atoms with Gasteiger partial charge in [0, 0.05) is 12.2 Å². The van der Waals surface area contributed by atoms with Crippen molar-refractivity contribution in [1.29, 1.82) is 0 Å². The van der Waals surface area contributed by atoms with E-state index >= 15 is 0 Å². The van der Waals surface area contributed by atoms with Crippen molar-refractivity contribution in [3.63, 3.8) is 0 Å². The molecule has 0 N–H and O–H groups in total. The Morgan fingerprint density at radius 3 is 1.48 bits per heavy atom. The molecule has 0 aliphatic heterocycles. The molecule has 0 aromatic heterocycles. The number of hydrogen-bond acceptors (Lipinski definition) is 5. The molecule has 1 rings (SSSR count). The molecular weight excluding hydrogens is 447 g/mol. The maximum absolute atomic E-state index is 13.5. The third kappa shape index (κ3) is 8.21. The van der Waals surface area contributed by atoms with Gasteiger partial charge in [0.15, 0.2) is 0 Å². The fourth-order valence-corrected chi connectivity index (χ4v) is 4.37. The first-order valence-electron chi connectivity index (χ1n) is 9.92. The molecule has 0 radical (unpaired) electrons. The van der Waals surface area contributed by atoms with Gasteiger partial charge in [-0.2, -0.15) is 8.78 Å². The largest absolute Gasteiger partial charge is 0.420 e. The Morgan fingerprint density at radius 1 is 0.645 bits per heavy atom. The Labute approximate surface area is 181 Å². The molecule has 0 heterocycles. The second-order valence-electron chi connectivity index (χ2n) is 6.71. The molecule has 31 heavy (non-hydrogen) atoms. The van der Waals surface area contributed by atoms with Crippen molar-refractivity contribution in [3.05, 3.63) is 29.1 Å². The summed E-state index contributed by atoms with van der Waals surface area (Å²) in [7, 11) is 2.76. The highest BCUT2D eigenvalue weighted by molar-refractivity contribution is 8.21. The molecule has 5 nitrogen and oxygen atoms in total. The van der Waals surface area contributed by atoms with Gasteiger partial charge in [0.05, 0.1) is 32.2 Å². The number of unbranched alkanes of at least 4 members (excludes halogenated alkanes) is 7. The summed E-state index contributed by atoms with van der Waals surface area (Å²) in [5.74, 6) is -12.9. The molecule has 0 saturated carbocycles. The number of carbonyl (C=O) groups is 1. The number of esters is 1. The molecule has 11 heteroatoms. The quantitative estimate of drug-likeness (QED) is 0.0744. The van der Waals surface area contributed by atoms with Gasteiger partial charge in [-0.05, 0) is 12.8 Å². The smallest absolute Gasteiger partial charge is 0.311 e. The van der Waals surface area contributed by atoms with Gasteiger partial charge in [0.2, 0.25) is 34.8 Å². The summed E-state index contributed by atoms with van der Waals surface area (Å²) in [6, 6.07) is 0. The summed E-state index contributed by atoms with van der Waals surface area (Å²) >= 11 is 0. The van der Waals surface area contributed by atoms with Crippen LogP contribution in [0.4, 0.5) is 22.0 Å². The standard InChI is InChI=1S/C20H29F5O5S/c1-27-31(28-2,29-3)13-11-9-7-5-4-6-8-10-12-14(26)30-20-18(24)16(22)15(21)17(23)19(20)25/h4-13H2,1-3H3. The summed E-state index contributed by atoms with van der Waals surface area (Å²) < 4.78 is 86.4. The predicted molar refractivity (Wildman–Crippen MR) is 107 cm³/mol. The zero-order valence-corrected chi connectivity index (χ0v) is 18.7. The van der Waals surface area contributed by atoms with Crippen LogP contribution >= 0.6 is 10.9 Å². The predicted octanol–water partition coefficient (Wildman–Crippen LogP) is 6.29. The first-order chi connectivity index (χ1) is 14.7. The number of carbonyl (C=O) groups excluding carboxylic acids is 1. The molecule has 0 bridgehead atoms. The zero-order chi connectivity index (χ0) is 23.4. The number of rotatable bonds is 15. The van der Waals surface area contributed by atoms with E-state index in [1.807, 2.05) is 0 Å². The van der Waals surface area contributed by atoms with Crippen molar-refractivity contribution in [2.45, 2.75) is 57.8 Å². The van der Waals surface area contributed by atoms with E-state index in [1.165, 1.54) is 0 Å². The van der Waals surface area contributed by atoms with Crippen LogP contribution in [0.2, 0.25) is 0 Å². The topological polar surface area (TPSA) is 54.0 Å². The third-order valence-corrected chi connectivity index (χ3v) is 6.98. The summed E-state index contributed by atoms with van der Waals surface area (Å²) in [4.78, 5) is 11.7. The first kappa shape index (κ1) is 27.6. The van der Waals surface area contributed by atoms with E-state index in [-0.39, 0.29) is 6.42 Å². The lowest BCUT2D eigenvalue weighted by Gasteiger charge is -2.33. The van der Waals surface area contributed by atoms with Gasteiger partial charge in [-0.15, -0.1) is 0 Å². The van der Waals surface area contributed by atoms with E-state index in [1.54, 1.807) is 21.3 Å². The number of ether oxygens (including phenoxy) is 1. The van der Waals surface area contributed by atoms with E-state index < -0.39 is 51.7 Å². The van der Waals surface area contributed by atoms with E-state index in [2.05, 4.69) is 4.74 Å². The Balaban J connectivity index is 2.20. The first-order valence-corrected chi connectivity index (χ1v) is 11.5. The summed E-state index contributed by atoms with van der Waals surface area (Å²) in [5, 5.41) is 0. The Bertz CT molecular complexity index is 678. The Kier molecular flexibility index (Phi) is 12.3. The van der Waals surface area contributed by atoms with Gasteiger partial charge in [-0.1, -0.05) is 38.5 Å². The minimum atomic E-state index is -2.30. The summed E-state index contributed by atoms with van der Waals surface area (Å²) in [6.45, 7) is 0. The lowest BCUT2D eigenvalue weighted by atomic mass is 10.1. The van der Waals surface area contributed by atoms with E-state index in [9.17, 15) is 26.7 Å². The maximum atomic E-state index is 13.5. The normalized spacial score (nSPS) is 12.3. The highest BCUT2D eigenvalue weighted by Crippen LogP contribution is 2.49. The number of benzene rings is 1.